The third kappa shape index (κ3) is 6.25. The maximum absolute atomic E-state index is 12.7. The van der Waals surface area contributed by atoms with E-state index in [1.807, 2.05) is 0 Å². The van der Waals surface area contributed by atoms with E-state index in [0.29, 0.717) is 18.8 Å². The van der Waals surface area contributed by atoms with Crippen LogP contribution in [0.3, 0.4) is 0 Å². The molecule has 0 unspecified atom stereocenters. The van der Waals surface area contributed by atoms with Crippen LogP contribution in [0.4, 0.5) is 4.39 Å². The Balaban J connectivity index is 2.27. The number of benzene rings is 1. The molecule has 1 aromatic rings. The van der Waals surface area contributed by atoms with E-state index in [9.17, 15) is 14.0 Å². The molecule has 1 rings (SSSR count). The highest BCUT2D eigenvalue weighted by Crippen LogP contribution is 2.11. The lowest BCUT2D eigenvalue weighted by Crippen LogP contribution is -2.44. The molecule has 0 heterocycles. The van der Waals surface area contributed by atoms with Crippen LogP contribution in [0.15, 0.2) is 24.3 Å². The fraction of sp³-hybridized carbons (Fsp3) is 0.467. The van der Waals surface area contributed by atoms with Crippen molar-refractivity contribution in [2.24, 2.45) is 5.92 Å². The van der Waals surface area contributed by atoms with Crippen molar-refractivity contribution in [2.75, 3.05) is 6.61 Å². The number of halogens is 1. The quantitative estimate of drug-likeness (QED) is 0.721. The van der Waals surface area contributed by atoms with Gasteiger partial charge in [-0.15, -0.1) is 0 Å². The molecule has 5 nitrogen and oxygen atoms in total. The Kier molecular flexibility index (Phi) is 6.65. The van der Waals surface area contributed by atoms with Gasteiger partial charge in [0, 0.05) is 6.42 Å². The molecule has 21 heavy (non-hydrogen) atoms. The molecule has 0 fully saturated rings. The van der Waals surface area contributed by atoms with E-state index >= 15 is 0 Å². The number of rotatable bonds is 8. The Bertz CT molecular complexity index is 473. The summed E-state index contributed by atoms with van der Waals surface area (Å²) in [6.45, 7) is 3.77. The summed E-state index contributed by atoms with van der Waals surface area (Å²) < 4.78 is 18.0. The molecular weight excluding hydrogens is 277 g/mol. The number of hydrogen-bond donors (Lipinski definition) is 2. The molecule has 0 aliphatic heterocycles. The normalized spacial score (nSPS) is 12.0. The molecule has 0 aromatic heterocycles. The van der Waals surface area contributed by atoms with Crippen molar-refractivity contribution in [2.45, 2.75) is 32.7 Å². The monoisotopic (exact) mass is 297 g/mol. The van der Waals surface area contributed by atoms with Crippen molar-refractivity contribution >= 4 is 11.9 Å². The van der Waals surface area contributed by atoms with Gasteiger partial charge >= 0.3 is 5.97 Å². The molecule has 116 valence electrons. The lowest BCUT2D eigenvalue weighted by atomic mass is 10.0. The first kappa shape index (κ1) is 16.9. The molecule has 0 spiro atoms. The van der Waals surface area contributed by atoms with Gasteiger partial charge in [0.05, 0.1) is 6.61 Å². The molecule has 0 aliphatic carbocycles. The van der Waals surface area contributed by atoms with Crippen LogP contribution in [0.1, 0.15) is 26.7 Å². The number of nitrogens with one attached hydrogen (secondary N) is 1. The van der Waals surface area contributed by atoms with Crippen LogP contribution in [-0.4, -0.2) is 29.6 Å². The highest BCUT2D eigenvalue weighted by molar-refractivity contribution is 5.83. The van der Waals surface area contributed by atoms with E-state index in [2.05, 4.69) is 5.32 Å². The number of carboxylic acid groups (broad SMARTS) is 1. The largest absolute Gasteiger partial charge is 0.494 e. The topological polar surface area (TPSA) is 75.6 Å². The van der Waals surface area contributed by atoms with E-state index in [1.54, 1.807) is 13.8 Å². The zero-order valence-electron chi connectivity index (χ0n) is 12.1. The Morgan fingerprint density at radius 1 is 1.29 bits per heavy atom. The third-order valence-electron chi connectivity index (χ3n) is 2.88. The SMILES string of the molecule is CC(C)[C@H](NC(=O)CCCOc1ccc(F)cc1)C(=O)O. The van der Waals surface area contributed by atoms with Crippen molar-refractivity contribution in [1.82, 2.24) is 5.32 Å². The third-order valence-corrected chi connectivity index (χ3v) is 2.88. The maximum atomic E-state index is 12.7. The molecule has 0 saturated carbocycles. The summed E-state index contributed by atoms with van der Waals surface area (Å²) in [5.41, 5.74) is 0. The van der Waals surface area contributed by atoms with Crippen molar-refractivity contribution in [3.63, 3.8) is 0 Å². The molecular formula is C15H20FNO4. The zero-order valence-corrected chi connectivity index (χ0v) is 12.1. The second-order valence-electron chi connectivity index (χ2n) is 5.03. The Morgan fingerprint density at radius 2 is 1.90 bits per heavy atom. The van der Waals surface area contributed by atoms with Gasteiger partial charge in [0.25, 0.3) is 0 Å². The minimum absolute atomic E-state index is 0.178. The standard InChI is InChI=1S/C15H20FNO4/c1-10(2)14(15(19)20)17-13(18)4-3-9-21-12-7-5-11(16)6-8-12/h5-8,10,14H,3-4,9H2,1-2H3,(H,17,18)(H,19,20)/t14-/m0/s1. The summed E-state index contributed by atoms with van der Waals surface area (Å²) >= 11 is 0. The van der Waals surface area contributed by atoms with Crippen LogP contribution in [-0.2, 0) is 9.59 Å². The number of ether oxygens (including phenoxy) is 1. The molecule has 1 atom stereocenters. The highest BCUT2D eigenvalue weighted by Gasteiger charge is 2.22. The molecule has 1 amide bonds. The molecule has 2 N–H and O–H groups in total. The molecule has 0 aliphatic rings. The number of amides is 1. The van der Waals surface area contributed by atoms with Gasteiger partial charge in [0.2, 0.25) is 5.91 Å². The first-order valence-electron chi connectivity index (χ1n) is 6.80. The first-order chi connectivity index (χ1) is 9.90. The summed E-state index contributed by atoms with van der Waals surface area (Å²) in [4.78, 5) is 22.6. The summed E-state index contributed by atoms with van der Waals surface area (Å²) in [6, 6.07) is 4.73. The smallest absolute Gasteiger partial charge is 0.326 e. The van der Waals surface area contributed by atoms with Crippen LogP contribution in [0.25, 0.3) is 0 Å². The fourth-order valence-electron chi connectivity index (χ4n) is 1.71. The molecule has 0 bridgehead atoms. The Hall–Kier alpha value is -2.11. The number of carboxylic acids is 1. The number of carbonyl (C=O) groups excluding carboxylic acids is 1. The van der Waals surface area contributed by atoms with Crippen LogP contribution in [0, 0.1) is 11.7 Å². The van der Waals surface area contributed by atoms with Gasteiger partial charge in [0.1, 0.15) is 17.6 Å². The fourth-order valence-corrected chi connectivity index (χ4v) is 1.71. The van der Waals surface area contributed by atoms with Gasteiger partial charge in [-0.3, -0.25) is 4.79 Å². The average Bonchev–Trinajstić information content (AvgIpc) is 2.42. The van der Waals surface area contributed by atoms with Crippen molar-refractivity contribution in [1.29, 1.82) is 0 Å². The van der Waals surface area contributed by atoms with Crippen LogP contribution in [0.2, 0.25) is 0 Å². The van der Waals surface area contributed by atoms with Crippen molar-refractivity contribution < 1.29 is 23.8 Å². The zero-order chi connectivity index (χ0) is 15.8. The molecule has 1 aromatic carbocycles. The van der Waals surface area contributed by atoms with E-state index in [-0.39, 0.29) is 24.1 Å². The van der Waals surface area contributed by atoms with E-state index < -0.39 is 12.0 Å². The average molecular weight is 297 g/mol. The van der Waals surface area contributed by atoms with Gasteiger partial charge in [-0.05, 0) is 36.6 Å². The molecule has 0 radical (unpaired) electrons. The predicted molar refractivity (Wildman–Crippen MR) is 75.5 cm³/mol. The second kappa shape index (κ2) is 8.24. The minimum atomic E-state index is -1.04. The number of hydrogen-bond acceptors (Lipinski definition) is 3. The van der Waals surface area contributed by atoms with Gasteiger partial charge in [-0.25, -0.2) is 9.18 Å². The highest BCUT2D eigenvalue weighted by atomic mass is 19.1. The van der Waals surface area contributed by atoms with E-state index in [4.69, 9.17) is 9.84 Å². The van der Waals surface area contributed by atoms with Crippen molar-refractivity contribution in [3.8, 4) is 5.75 Å². The van der Waals surface area contributed by atoms with Gasteiger partial charge < -0.3 is 15.2 Å². The minimum Gasteiger partial charge on any atom is -0.494 e. The predicted octanol–water partition coefficient (Wildman–Crippen LogP) is 2.21. The Morgan fingerprint density at radius 3 is 2.43 bits per heavy atom. The van der Waals surface area contributed by atoms with Crippen LogP contribution >= 0.6 is 0 Å². The summed E-state index contributed by atoms with van der Waals surface area (Å²) in [5, 5.41) is 11.4. The van der Waals surface area contributed by atoms with Gasteiger partial charge in [-0.1, -0.05) is 13.8 Å². The molecule has 6 heteroatoms. The lowest BCUT2D eigenvalue weighted by molar-refractivity contribution is -0.143. The van der Waals surface area contributed by atoms with Crippen LogP contribution < -0.4 is 10.1 Å². The maximum Gasteiger partial charge on any atom is 0.326 e. The molecule has 0 saturated heterocycles. The second-order valence-corrected chi connectivity index (χ2v) is 5.03. The number of carbonyl (C=O) groups is 2. The summed E-state index contributed by atoms with van der Waals surface area (Å²) in [5.74, 6) is -1.35. The summed E-state index contributed by atoms with van der Waals surface area (Å²) in [6.07, 6.45) is 0.630. The van der Waals surface area contributed by atoms with Gasteiger partial charge in [0.15, 0.2) is 0 Å². The van der Waals surface area contributed by atoms with E-state index in [0.717, 1.165) is 0 Å². The number of aliphatic carboxylic acids is 1. The van der Waals surface area contributed by atoms with E-state index in [1.165, 1.54) is 24.3 Å². The van der Waals surface area contributed by atoms with Crippen LogP contribution in [0.5, 0.6) is 5.75 Å². The summed E-state index contributed by atoms with van der Waals surface area (Å²) in [7, 11) is 0. The Labute approximate surface area is 123 Å². The van der Waals surface area contributed by atoms with Gasteiger partial charge in [-0.2, -0.15) is 0 Å². The lowest BCUT2D eigenvalue weighted by Gasteiger charge is -2.17. The first-order valence-corrected chi connectivity index (χ1v) is 6.80. The van der Waals surface area contributed by atoms with Crippen molar-refractivity contribution in [3.05, 3.63) is 30.1 Å².